The van der Waals surface area contributed by atoms with E-state index in [1.807, 2.05) is 24.3 Å². The topological polar surface area (TPSA) is 17.1 Å². The molecule has 2 aromatic carbocycles. The van der Waals surface area contributed by atoms with Gasteiger partial charge in [0.25, 0.3) is 0 Å². The van der Waals surface area contributed by atoms with Gasteiger partial charge in [0, 0.05) is 5.56 Å². The van der Waals surface area contributed by atoms with Gasteiger partial charge >= 0.3 is 0 Å². The van der Waals surface area contributed by atoms with Crippen LogP contribution >= 0.6 is 0 Å². The Balaban J connectivity index is 1.63. The lowest BCUT2D eigenvalue weighted by Gasteiger charge is -2.28. The van der Waals surface area contributed by atoms with Gasteiger partial charge in [-0.05, 0) is 67.6 Å². The SMILES string of the molecule is CC=CCC1CCC(c2ccc(-c3ccc(C=O)cc3)cc2)CC1. The Labute approximate surface area is 145 Å². The Kier molecular flexibility index (Phi) is 5.63. The van der Waals surface area contributed by atoms with Crippen molar-refractivity contribution in [1.82, 2.24) is 0 Å². The molecule has 1 saturated carbocycles. The van der Waals surface area contributed by atoms with Gasteiger partial charge in [-0.2, -0.15) is 0 Å². The van der Waals surface area contributed by atoms with Crippen LogP contribution in [0.25, 0.3) is 11.1 Å². The third-order valence-corrected chi connectivity index (χ3v) is 5.31. The second-order valence-corrected chi connectivity index (χ2v) is 6.88. The van der Waals surface area contributed by atoms with Gasteiger partial charge in [0.15, 0.2) is 0 Å². The lowest BCUT2D eigenvalue weighted by Crippen LogP contribution is -2.12. The number of benzene rings is 2. The van der Waals surface area contributed by atoms with Crippen molar-refractivity contribution >= 4 is 6.29 Å². The minimum Gasteiger partial charge on any atom is -0.298 e. The van der Waals surface area contributed by atoms with Gasteiger partial charge in [-0.3, -0.25) is 4.79 Å². The van der Waals surface area contributed by atoms with E-state index in [2.05, 4.69) is 43.3 Å². The molecule has 0 unspecified atom stereocenters. The second kappa shape index (κ2) is 8.10. The summed E-state index contributed by atoms with van der Waals surface area (Å²) in [6, 6.07) is 16.8. The van der Waals surface area contributed by atoms with Crippen LogP contribution in [-0.2, 0) is 0 Å². The standard InChI is InChI=1S/C23H26O/c1-2-3-4-18-5-9-20(10-6-18)22-13-15-23(16-14-22)21-11-7-19(17-24)8-12-21/h2-3,7-8,11-18,20H,4-6,9-10H2,1H3. The number of rotatable bonds is 5. The highest BCUT2D eigenvalue weighted by Gasteiger charge is 2.21. The maximum Gasteiger partial charge on any atom is 0.150 e. The summed E-state index contributed by atoms with van der Waals surface area (Å²) in [5.41, 5.74) is 4.60. The highest BCUT2D eigenvalue weighted by molar-refractivity contribution is 5.76. The van der Waals surface area contributed by atoms with Crippen LogP contribution in [0.4, 0.5) is 0 Å². The van der Waals surface area contributed by atoms with Crippen molar-refractivity contribution in [1.29, 1.82) is 0 Å². The predicted octanol–water partition coefficient (Wildman–Crippen LogP) is 6.41. The first kappa shape index (κ1) is 16.7. The highest BCUT2D eigenvalue weighted by atomic mass is 16.1. The summed E-state index contributed by atoms with van der Waals surface area (Å²) in [7, 11) is 0. The van der Waals surface area contributed by atoms with Crippen molar-refractivity contribution in [2.75, 3.05) is 0 Å². The first-order valence-electron chi connectivity index (χ1n) is 9.07. The molecule has 0 heterocycles. The molecule has 3 rings (SSSR count). The lowest BCUT2D eigenvalue weighted by atomic mass is 9.77. The van der Waals surface area contributed by atoms with Crippen LogP contribution in [-0.4, -0.2) is 6.29 Å². The molecule has 0 amide bonds. The van der Waals surface area contributed by atoms with E-state index in [1.165, 1.54) is 48.8 Å². The van der Waals surface area contributed by atoms with Crippen molar-refractivity contribution in [3.05, 3.63) is 71.8 Å². The lowest BCUT2D eigenvalue weighted by molar-refractivity contribution is 0.112. The zero-order chi connectivity index (χ0) is 16.8. The van der Waals surface area contributed by atoms with E-state index in [0.717, 1.165) is 23.7 Å². The molecule has 1 aliphatic carbocycles. The van der Waals surface area contributed by atoms with Gasteiger partial charge < -0.3 is 0 Å². The van der Waals surface area contributed by atoms with Crippen LogP contribution in [0.2, 0.25) is 0 Å². The zero-order valence-corrected chi connectivity index (χ0v) is 14.4. The molecule has 0 aromatic heterocycles. The minimum atomic E-state index is 0.721. The molecular formula is C23H26O. The summed E-state index contributed by atoms with van der Waals surface area (Å²) >= 11 is 0. The number of hydrogen-bond donors (Lipinski definition) is 0. The van der Waals surface area contributed by atoms with Crippen LogP contribution in [0.15, 0.2) is 60.7 Å². The molecule has 0 saturated heterocycles. The van der Waals surface area contributed by atoms with E-state index in [1.54, 1.807) is 0 Å². The average molecular weight is 318 g/mol. The fourth-order valence-corrected chi connectivity index (χ4v) is 3.76. The van der Waals surface area contributed by atoms with Crippen LogP contribution < -0.4 is 0 Å². The average Bonchev–Trinajstić information content (AvgIpc) is 2.67. The molecule has 0 N–H and O–H groups in total. The predicted molar refractivity (Wildman–Crippen MR) is 101 cm³/mol. The minimum absolute atomic E-state index is 0.721. The fourth-order valence-electron chi connectivity index (χ4n) is 3.76. The van der Waals surface area contributed by atoms with Crippen molar-refractivity contribution in [3.8, 4) is 11.1 Å². The Hall–Kier alpha value is -2.15. The molecule has 1 nitrogen and oxygen atoms in total. The van der Waals surface area contributed by atoms with Crippen LogP contribution in [0.3, 0.4) is 0 Å². The van der Waals surface area contributed by atoms with Gasteiger partial charge in [0.05, 0.1) is 0 Å². The summed E-state index contributed by atoms with van der Waals surface area (Å²) in [5.74, 6) is 1.60. The number of allylic oxidation sites excluding steroid dienone is 2. The summed E-state index contributed by atoms with van der Waals surface area (Å²) in [6.07, 6.45) is 12.0. The van der Waals surface area contributed by atoms with Gasteiger partial charge in [-0.1, -0.05) is 60.7 Å². The molecular weight excluding hydrogens is 292 g/mol. The summed E-state index contributed by atoms with van der Waals surface area (Å²) in [6.45, 7) is 2.11. The van der Waals surface area contributed by atoms with Crippen molar-refractivity contribution in [2.45, 2.75) is 44.9 Å². The molecule has 0 radical (unpaired) electrons. The Bertz CT molecular complexity index is 671. The van der Waals surface area contributed by atoms with Crippen LogP contribution in [0.1, 0.15) is 60.9 Å². The first-order chi connectivity index (χ1) is 11.8. The molecule has 1 fully saturated rings. The molecule has 0 atom stereocenters. The molecule has 24 heavy (non-hydrogen) atoms. The van der Waals surface area contributed by atoms with Gasteiger partial charge in [-0.25, -0.2) is 0 Å². The molecule has 1 heteroatoms. The Morgan fingerprint density at radius 2 is 1.46 bits per heavy atom. The van der Waals surface area contributed by atoms with E-state index in [-0.39, 0.29) is 0 Å². The highest BCUT2D eigenvalue weighted by Crippen LogP contribution is 2.37. The Morgan fingerprint density at radius 3 is 2.00 bits per heavy atom. The van der Waals surface area contributed by atoms with Crippen molar-refractivity contribution < 1.29 is 4.79 Å². The van der Waals surface area contributed by atoms with E-state index in [0.29, 0.717) is 0 Å². The monoisotopic (exact) mass is 318 g/mol. The largest absolute Gasteiger partial charge is 0.298 e. The van der Waals surface area contributed by atoms with Crippen LogP contribution in [0, 0.1) is 5.92 Å². The quantitative estimate of drug-likeness (QED) is 0.460. The summed E-state index contributed by atoms with van der Waals surface area (Å²) in [4.78, 5) is 10.8. The number of carbonyl (C=O) groups is 1. The molecule has 0 spiro atoms. The first-order valence-corrected chi connectivity index (χ1v) is 9.07. The van der Waals surface area contributed by atoms with E-state index >= 15 is 0 Å². The number of carbonyl (C=O) groups excluding carboxylic acids is 1. The number of aldehydes is 1. The van der Waals surface area contributed by atoms with E-state index in [9.17, 15) is 4.79 Å². The maximum absolute atomic E-state index is 10.8. The smallest absolute Gasteiger partial charge is 0.150 e. The Morgan fingerprint density at radius 1 is 0.875 bits per heavy atom. The molecule has 124 valence electrons. The van der Waals surface area contributed by atoms with E-state index in [4.69, 9.17) is 0 Å². The molecule has 0 aliphatic heterocycles. The van der Waals surface area contributed by atoms with E-state index < -0.39 is 0 Å². The van der Waals surface area contributed by atoms with Crippen LogP contribution in [0.5, 0.6) is 0 Å². The van der Waals surface area contributed by atoms with Gasteiger partial charge in [-0.15, -0.1) is 0 Å². The fraction of sp³-hybridized carbons (Fsp3) is 0.348. The zero-order valence-electron chi connectivity index (χ0n) is 14.4. The maximum atomic E-state index is 10.8. The molecule has 0 bridgehead atoms. The van der Waals surface area contributed by atoms with Gasteiger partial charge in [0.2, 0.25) is 0 Å². The second-order valence-electron chi connectivity index (χ2n) is 6.88. The van der Waals surface area contributed by atoms with Crippen molar-refractivity contribution in [3.63, 3.8) is 0 Å². The molecule has 1 aliphatic rings. The van der Waals surface area contributed by atoms with Gasteiger partial charge in [0.1, 0.15) is 6.29 Å². The van der Waals surface area contributed by atoms with Crippen molar-refractivity contribution in [2.24, 2.45) is 5.92 Å². The summed E-state index contributed by atoms with van der Waals surface area (Å²) in [5, 5.41) is 0. The summed E-state index contributed by atoms with van der Waals surface area (Å²) < 4.78 is 0. The normalized spacial score (nSPS) is 21.0. The molecule has 2 aromatic rings. The number of hydrogen-bond acceptors (Lipinski definition) is 1. The third-order valence-electron chi connectivity index (χ3n) is 5.31. The third kappa shape index (κ3) is 4.03.